The Labute approximate surface area is 160 Å². The van der Waals surface area contributed by atoms with Crippen molar-refractivity contribution in [1.29, 1.82) is 0 Å². The maximum absolute atomic E-state index is 13.0. The minimum Gasteiger partial charge on any atom is -0.414 e. The topological polar surface area (TPSA) is 74.8 Å². The number of fused-ring (bicyclic) bond motifs is 1. The molecule has 146 valence electrons. The van der Waals surface area contributed by atoms with Crippen molar-refractivity contribution in [3.8, 4) is 0 Å². The lowest BCUT2D eigenvalue weighted by atomic mass is 9.90. The highest BCUT2D eigenvalue weighted by Crippen LogP contribution is 2.42. The highest BCUT2D eigenvalue weighted by atomic mass is 28.4. The van der Waals surface area contributed by atoms with Crippen molar-refractivity contribution in [2.75, 3.05) is 0 Å². The Bertz CT molecular complexity index is 878. The Morgan fingerprint density at radius 3 is 2.59 bits per heavy atom. The Morgan fingerprint density at radius 1 is 1.22 bits per heavy atom. The van der Waals surface area contributed by atoms with Gasteiger partial charge >= 0.3 is 5.69 Å². The molecule has 2 aliphatic rings. The standard InChI is InChI=1S/C19H29N5O2Si/c1-19(2,3)27(4,5)26-14-10-13(11-14)24-18(25)23-16(6-7-17(23)22-24)15-12-20-8-9-21-15/h8-9,12-14,16H,6-7,10-11H2,1-5H3. The Kier molecular flexibility index (Phi) is 4.38. The van der Waals surface area contributed by atoms with Crippen molar-refractivity contribution in [3.05, 3.63) is 40.6 Å². The van der Waals surface area contributed by atoms with Crippen molar-refractivity contribution in [1.82, 2.24) is 24.3 Å². The minimum absolute atomic E-state index is 0.0195. The van der Waals surface area contributed by atoms with Gasteiger partial charge in [-0.15, -0.1) is 0 Å². The van der Waals surface area contributed by atoms with E-state index in [0.717, 1.165) is 37.2 Å². The van der Waals surface area contributed by atoms with Gasteiger partial charge in [0.2, 0.25) is 0 Å². The highest BCUT2D eigenvalue weighted by Gasteiger charge is 2.44. The van der Waals surface area contributed by atoms with E-state index in [1.165, 1.54) is 0 Å². The summed E-state index contributed by atoms with van der Waals surface area (Å²) in [6.45, 7) is 11.3. The summed E-state index contributed by atoms with van der Waals surface area (Å²) in [6.07, 6.45) is 8.74. The van der Waals surface area contributed by atoms with Gasteiger partial charge in [0.1, 0.15) is 5.82 Å². The van der Waals surface area contributed by atoms with Crippen LogP contribution in [0.3, 0.4) is 0 Å². The SMILES string of the molecule is CC(C)(C)[Si](C)(C)OC1CC(n2nc3n(c2=O)C(c2cnccn2)CC3)C1. The first-order chi connectivity index (χ1) is 12.7. The molecule has 0 N–H and O–H groups in total. The molecule has 7 nitrogen and oxygen atoms in total. The van der Waals surface area contributed by atoms with E-state index in [1.54, 1.807) is 23.3 Å². The molecule has 1 unspecified atom stereocenters. The Hall–Kier alpha value is -1.80. The molecule has 3 heterocycles. The van der Waals surface area contributed by atoms with Gasteiger partial charge in [-0.1, -0.05) is 20.8 Å². The molecule has 8 heteroatoms. The Balaban J connectivity index is 1.48. The van der Waals surface area contributed by atoms with E-state index in [9.17, 15) is 4.79 Å². The molecule has 0 bridgehead atoms. The molecule has 27 heavy (non-hydrogen) atoms. The maximum atomic E-state index is 13.0. The largest absolute Gasteiger partial charge is 0.414 e. The third kappa shape index (κ3) is 3.18. The normalized spacial score (nSPS) is 25.3. The molecule has 0 radical (unpaired) electrons. The summed E-state index contributed by atoms with van der Waals surface area (Å²) in [4.78, 5) is 21.5. The van der Waals surface area contributed by atoms with E-state index in [0.29, 0.717) is 0 Å². The molecule has 1 atom stereocenters. The number of hydrogen-bond donors (Lipinski definition) is 0. The number of nitrogens with zero attached hydrogens (tertiary/aromatic N) is 5. The first-order valence-electron chi connectivity index (χ1n) is 9.81. The van der Waals surface area contributed by atoms with E-state index in [2.05, 4.69) is 48.9 Å². The van der Waals surface area contributed by atoms with Gasteiger partial charge in [-0.05, 0) is 37.4 Å². The van der Waals surface area contributed by atoms with Crippen molar-refractivity contribution in [2.24, 2.45) is 0 Å². The van der Waals surface area contributed by atoms with Gasteiger partial charge in [0.15, 0.2) is 8.32 Å². The molecule has 0 aromatic carbocycles. The van der Waals surface area contributed by atoms with E-state index in [1.807, 2.05) is 4.57 Å². The van der Waals surface area contributed by atoms with Gasteiger partial charge < -0.3 is 4.43 Å². The van der Waals surface area contributed by atoms with Crippen LogP contribution in [0.2, 0.25) is 18.1 Å². The summed E-state index contributed by atoms with van der Waals surface area (Å²) < 4.78 is 9.96. The van der Waals surface area contributed by atoms with Crippen molar-refractivity contribution < 1.29 is 4.43 Å². The molecule has 1 saturated carbocycles. The second kappa shape index (κ2) is 6.37. The van der Waals surface area contributed by atoms with Gasteiger partial charge in [-0.25, -0.2) is 9.48 Å². The van der Waals surface area contributed by atoms with E-state index in [-0.39, 0.29) is 28.9 Å². The lowest BCUT2D eigenvalue weighted by molar-refractivity contribution is 0.0506. The molecule has 2 aromatic heterocycles. The molecule has 4 rings (SSSR count). The summed E-state index contributed by atoms with van der Waals surface area (Å²) in [5.74, 6) is 0.865. The van der Waals surface area contributed by atoms with Crippen LogP contribution in [0.15, 0.2) is 23.4 Å². The van der Waals surface area contributed by atoms with E-state index >= 15 is 0 Å². The van der Waals surface area contributed by atoms with Crippen molar-refractivity contribution in [3.63, 3.8) is 0 Å². The fourth-order valence-corrected chi connectivity index (χ4v) is 5.12. The predicted molar refractivity (Wildman–Crippen MR) is 105 cm³/mol. The molecule has 0 amide bonds. The molecule has 0 spiro atoms. The minimum atomic E-state index is -1.77. The number of rotatable bonds is 4. The van der Waals surface area contributed by atoms with E-state index in [4.69, 9.17) is 4.43 Å². The third-order valence-electron chi connectivity index (χ3n) is 6.46. The molecule has 1 aliphatic carbocycles. The van der Waals surface area contributed by atoms with Crippen LogP contribution < -0.4 is 5.69 Å². The smallest absolute Gasteiger partial charge is 0.346 e. The van der Waals surface area contributed by atoms with Crippen LogP contribution in [-0.2, 0) is 10.8 Å². The second-order valence-corrected chi connectivity index (χ2v) is 14.1. The average Bonchev–Trinajstić information content (AvgIpc) is 3.11. The maximum Gasteiger partial charge on any atom is 0.346 e. The van der Waals surface area contributed by atoms with Crippen LogP contribution in [0.5, 0.6) is 0 Å². The molecular formula is C19H29N5O2Si. The lowest BCUT2D eigenvalue weighted by Crippen LogP contribution is -2.49. The number of aromatic nitrogens is 5. The monoisotopic (exact) mass is 387 g/mol. The quantitative estimate of drug-likeness (QED) is 0.754. The average molecular weight is 388 g/mol. The fraction of sp³-hybridized carbons (Fsp3) is 0.684. The number of aryl methyl sites for hydroxylation is 1. The summed E-state index contributed by atoms with van der Waals surface area (Å²) in [7, 11) is -1.77. The zero-order valence-electron chi connectivity index (χ0n) is 16.8. The molecule has 1 aliphatic heterocycles. The zero-order valence-corrected chi connectivity index (χ0v) is 17.8. The van der Waals surface area contributed by atoms with Crippen LogP contribution >= 0.6 is 0 Å². The van der Waals surface area contributed by atoms with Gasteiger partial charge in [0.05, 0.1) is 24.0 Å². The van der Waals surface area contributed by atoms with Crippen molar-refractivity contribution >= 4 is 8.32 Å². The predicted octanol–water partition coefficient (Wildman–Crippen LogP) is 3.10. The van der Waals surface area contributed by atoms with Gasteiger partial charge in [-0.2, -0.15) is 5.10 Å². The summed E-state index contributed by atoms with van der Waals surface area (Å²) in [5, 5.41) is 4.85. The zero-order chi connectivity index (χ0) is 19.4. The third-order valence-corrected chi connectivity index (χ3v) is 11.0. The van der Waals surface area contributed by atoms with Gasteiger partial charge in [0, 0.05) is 24.9 Å². The van der Waals surface area contributed by atoms with Gasteiger partial charge in [0.25, 0.3) is 0 Å². The van der Waals surface area contributed by atoms with Crippen LogP contribution in [-0.4, -0.2) is 38.7 Å². The summed E-state index contributed by atoms with van der Waals surface area (Å²) in [5.41, 5.74) is 0.819. The number of hydrogen-bond acceptors (Lipinski definition) is 5. The van der Waals surface area contributed by atoms with Crippen LogP contribution in [0.4, 0.5) is 0 Å². The van der Waals surface area contributed by atoms with Gasteiger partial charge in [-0.3, -0.25) is 14.5 Å². The van der Waals surface area contributed by atoms with Crippen LogP contribution in [0.1, 0.15) is 63.6 Å². The van der Waals surface area contributed by atoms with Crippen LogP contribution in [0.25, 0.3) is 0 Å². The van der Waals surface area contributed by atoms with Crippen LogP contribution in [0, 0.1) is 0 Å². The van der Waals surface area contributed by atoms with Crippen molar-refractivity contribution in [2.45, 2.75) is 82.8 Å². The lowest BCUT2D eigenvalue weighted by Gasteiger charge is -2.44. The first kappa shape index (κ1) is 18.6. The molecule has 2 aromatic rings. The summed E-state index contributed by atoms with van der Waals surface area (Å²) >= 11 is 0. The summed E-state index contributed by atoms with van der Waals surface area (Å²) in [6, 6.07) is 0.0992. The fourth-order valence-electron chi connectivity index (χ4n) is 3.74. The highest BCUT2D eigenvalue weighted by molar-refractivity contribution is 6.74. The van der Waals surface area contributed by atoms with E-state index < -0.39 is 8.32 Å². The first-order valence-corrected chi connectivity index (χ1v) is 12.7. The second-order valence-electron chi connectivity index (χ2n) is 9.32. The molecule has 0 saturated heterocycles. The molecule has 1 fully saturated rings. The Morgan fingerprint density at radius 2 is 1.96 bits per heavy atom. The molecular weight excluding hydrogens is 358 g/mol.